The third-order valence-corrected chi connectivity index (χ3v) is 3.77. The van der Waals surface area contributed by atoms with E-state index in [1.807, 2.05) is 12.1 Å². The molecule has 1 aromatic rings. The van der Waals surface area contributed by atoms with Crippen molar-refractivity contribution in [3.05, 3.63) is 23.7 Å². The van der Waals surface area contributed by atoms with Gasteiger partial charge in [-0.1, -0.05) is 27.2 Å². The molecular formula is C14H22O2. The minimum absolute atomic E-state index is 0.433. The Morgan fingerprint density at radius 2 is 2.19 bits per heavy atom. The van der Waals surface area contributed by atoms with Gasteiger partial charge in [-0.25, -0.2) is 0 Å². The van der Waals surface area contributed by atoms with Crippen molar-refractivity contribution in [3.63, 3.8) is 0 Å². The van der Waals surface area contributed by atoms with Crippen LogP contribution in [0.5, 0.6) is 0 Å². The maximum atomic E-state index is 10.0. The highest BCUT2D eigenvalue weighted by atomic mass is 16.4. The molecule has 1 aliphatic rings. The normalized spacial score (nSPS) is 27.8. The fraction of sp³-hybridized carbons (Fsp3) is 0.714. The molecule has 1 N–H and O–H groups in total. The molecule has 0 spiro atoms. The van der Waals surface area contributed by atoms with E-state index in [0.717, 1.165) is 30.3 Å². The molecule has 1 saturated carbocycles. The number of hydrogen-bond donors (Lipinski definition) is 1. The van der Waals surface area contributed by atoms with E-state index in [0.29, 0.717) is 11.8 Å². The summed E-state index contributed by atoms with van der Waals surface area (Å²) in [7, 11) is 0. The summed E-state index contributed by atoms with van der Waals surface area (Å²) in [6.07, 6.45) is 2.69. The summed E-state index contributed by atoms with van der Waals surface area (Å²) in [6, 6.07) is 3.97. The summed E-state index contributed by atoms with van der Waals surface area (Å²) in [5.41, 5.74) is 0. The average molecular weight is 222 g/mol. The lowest BCUT2D eigenvalue weighted by Crippen LogP contribution is -2.02. The molecule has 0 aliphatic heterocycles. The van der Waals surface area contributed by atoms with Gasteiger partial charge in [0.2, 0.25) is 0 Å². The lowest BCUT2D eigenvalue weighted by Gasteiger charge is -2.12. The van der Waals surface area contributed by atoms with Gasteiger partial charge in [-0.05, 0) is 36.8 Å². The quantitative estimate of drug-likeness (QED) is 0.820. The average Bonchev–Trinajstić information content (AvgIpc) is 2.82. The van der Waals surface area contributed by atoms with Crippen molar-refractivity contribution in [1.29, 1.82) is 0 Å². The SMILES string of the molecule is CCC(C)CC(O)c1ccc(C2CC2C)o1. The van der Waals surface area contributed by atoms with Crippen LogP contribution in [0.1, 0.15) is 63.6 Å². The summed E-state index contributed by atoms with van der Waals surface area (Å²) < 4.78 is 5.74. The highest BCUT2D eigenvalue weighted by molar-refractivity contribution is 5.18. The fourth-order valence-corrected chi connectivity index (χ4v) is 2.13. The van der Waals surface area contributed by atoms with Crippen molar-refractivity contribution in [2.75, 3.05) is 0 Å². The highest BCUT2D eigenvalue weighted by Crippen LogP contribution is 2.47. The lowest BCUT2D eigenvalue weighted by atomic mass is 10.00. The standard InChI is InChI=1S/C14H22O2/c1-4-9(2)7-12(15)14-6-5-13(16-14)11-8-10(11)3/h5-6,9-12,15H,4,7-8H2,1-3H3. The predicted molar refractivity (Wildman–Crippen MR) is 64.3 cm³/mol. The van der Waals surface area contributed by atoms with E-state index in [1.54, 1.807) is 0 Å². The Bertz CT molecular complexity index is 342. The number of hydrogen-bond acceptors (Lipinski definition) is 2. The molecule has 0 bridgehead atoms. The molecule has 4 atom stereocenters. The molecule has 0 radical (unpaired) electrons. The first kappa shape index (κ1) is 11.7. The Hall–Kier alpha value is -0.760. The van der Waals surface area contributed by atoms with Crippen LogP contribution in [0.4, 0.5) is 0 Å². The number of furan rings is 1. The number of aliphatic hydroxyl groups is 1. The molecule has 1 heterocycles. The van der Waals surface area contributed by atoms with E-state index in [2.05, 4.69) is 20.8 Å². The van der Waals surface area contributed by atoms with Gasteiger partial charge in [0.05, 0.1) is 0 Å². The van der Waals surface area contributed by atoms with Gasteiger partial charge in [-0.2, -0.15) is 0 Å². The molecule has 0 amide bonds. The Kier molecular flexibility index (Phi) is 3.38. The Morgan fingerprint density at radius 1 is 1.50 bits per heavy atom. The van der Waals surface area contributed by atoms with Crippen molar-refractivity contribution in [3.8, 4) is 0 Å². The highest BCUT2D eigenvalue weighted by Gasteiger charge is 2.36. The molecule has 0 saturated heterocycles. The van der Waals surface area contributed by atoms with Gasteiger partial charge >= 0.3 is 0 Å². The second kappa shape index (κ2) is 4.62. The number of rotatable bonds is 5. The molecule has 16 heavy (non-hydrogen) atoms. The van der Waals surface area contributed by atoms with Crippen molar-refractivity contribution >= 4 is 0 Å². The third-order valence-electron chi connectivity index (χ3n) is 3.77. The van der Waals surface area contributed by atoms with Crippen LogP contribution < -0.4 is 0 Å². The largest absolute Gasteiger partial charge is 0.463 e. The molecule has 1 aliphatic carbocycles. The molecule has 1 fully saturated rings. The third kappa shape index (κ3) is 2.49. The van der Waals surface area contributed by atoms with Crippen LogP contribution in [0.3, 0.4) is 0 Å². The summed E-state index contributed by atoms with van der Waals surface area (Å²) in [5, 5.41) is 10.0. The molecule has 2 heteroatoms. The topological polar surface area (TPSA) is 33.4 Å². The molecule has 2 nitrogen and oxygen atoms in total. The van der Waals surface area contributed by atoms with E-state index in [4.69, 9.17) is 4.42 Å². The van der Waals surface area contributed by atoms with Crippen LogP contribution in [0.2, 0.25) is 0 Å². The molecular weight excluding hydrogens is 200 g/mol. The Morgan fingerprint density at radius 3 is 2.75 bits per heavy atom. The van der Waals surface area contributed by atoms with Crippen LogP contribution in [0, 0.1) is 11.8 Å². The van der Waals surface area contributed by atoms with E-state index in [9.17, 15) is 5.11 Å². The van der Waals surface area contributed by atoms with Gasteiger partial charge in [0.25, 0.3) is 0 Å². The van der Waals surface area contributed by atoms with Crippen molar-refractivity contribution in [1.82, 2.24) is 0 Å². The summed E-state index contributed by atoms with van der Waals surface area (Å²) in [4.78, 5) is 0. The first-order chi connectivity index (χ1) is 7.61. The van der Waals surface area contributed by atoms with Crippen LogP contribution in [-0.2, 0) is 0 Å². The zero-order chi connectivity index (χ0) is 11.7. The molecule has 90 valence electrons. The van der Waals surface area contributed by atoms with Gasteiger partial charge < -0.3 is 9.52 Å². The summed E-state index contributed by atoms with van der Waals surface area (Å²) in [5.74, 6) is 3.71. The first-order valence-electron chi connectivity index (χ1n) is 6.39. The minimum atomic E-state index is -0.433. The maximum Gasteiger partial charge on any atom is 0.132 e. The smallest absolute Gasteiger partial charge is 0.132 e. The zero-order valence-electron chi connectivity index (χ0n) is 10.4. The summed E-state index contributed by atoms with van der Waals surface area (Å²) >= 11 is 0. The Labute approximate surface area is 97.7 Å². The summed E-state index contributed by atoms with van der Waals surface area (Å²) in [6.45, 7) is 6.55. The second-order valence-corrected chi connectivity index (χ2v) is 5.32. The van der Waals surface area contributed by atoms with E-state index < -0.39 is 6.10 Å². The van der Waals surface area contributed by atoms with Crippen molar-refractivity contribution in [2.24, 2.45) is 11.8 Å². The van der Waals surface area contributed by atoms with Gasteiger partial charge in [-0.15, -0.1) is 0 Å². The van der Waals surface area contributed by atoms with Crippen LogP contribution in [0.25, 0.3) is 0 Å². The zero-order valence-corrected chi connectivity index (χ0v) is 10.4. The molecule has 0 aromatic carbocycles. The van der Waals surface area contributed by atoms with Crippen LogP contribution in [-0.4, -0.2) is 5.11 Å². The van der Waals surface area contributed by atoms with Crippen LogP contribution in [0.15, 0.2) is 16.5 Å². The first-order valence-corrected chi connectivity index (χ1v) is 6.39. The van der Waals surface area contributed by atoms with Gasteiger partial charge in [0, 0.05) is 5.92 Å². The number of aliphatic hydroxyl groups excluding tert-OH is 1. The van der Waals surface area contributed by atoms with Crippen LogP contribution >= 0.6 is 0 Å². The second-order valence-electron chi connectivity index (χ2n) is 5.32. The molecule has 1 aromatic heterocycles. The predicted octanol–water partition coefficient (Wildman–Crippen LogP) is 3.87. The Balaban J connectivity index is 1.95. The monoisotopic (exact) mass is 222 g/mol. The van der Waals surface area contributed by atoms with Gasteiger partial charge in [-0.3, -0.25) is 0 Å². The fourth-order valence-electron chi connectivity index (χ4n) is 2.13. The molecule has 4 unspecified atom stereocenters. The minimum Gasteiger partial charge on any atom is -0.463 e. The van der Waals surface area contributed by atoms with Gasteiger partial charge in [0.1, 0.15) is 17.6 Å². The molecule has 2 rings (SSSR count). The van der Waals surface area contributed by atoms with E-state index in [-0.39, 0.29) is 0 Å². The van der Waals surface area contributed by atoms with E-state index >= 15 is 0 Å². The lowest BCUT2D eigenvalue weighted by molar-refractivity contribution is 0.120. The van der Waals surface area contributed by atoms with Crippen molar-refractivity contribution < 1.29 is 9.52 Å². The van der Waals surface area contributed by atoms with Gasteiger partial charge in [0.15, 0.2) is 0 Å². The van der Waals surface area contributed by atoms with Crippen molar-refractivity contribution in [2.45, 2.75) is 52.1 Å². The van der Waals surface area contributed by atoms with E-state index in [1.165, 1.54) is 6.42 Å². The maximum absolute atomic E-state index is 10.0.